The van der Waals surface area contributed by atoms with Gasteiger partial charge in [-0.3, -0.25) is 4.79 Å². The number of anilines is 1. The van der Waals surface area contributed by atoms with Crippen LogP contribution in [0.4, 0.5) is 5.69 Å². The van der Waals surface area contributed by atoms with E-state index < -0.39 is 0 Å². The molecule has 1 heterocycles. The first-order valence-corrected chi connectivity index (χ1v) is 6.50. The van der Waals surface area contributed by atoms with Crippen molar-refractivity contribution in [3.05, 3.63) is 65.7 Å². The summed E-state index contributed by atoms with van der Waals surface area (Å²) >= 11 is 5.19. The van der Waals surface area contributed by atoms with Gasteiger partial charge in [-0.15, -0.1) is 0 Å². The van der Waals surface area contributed by atoms with E-state index in [1.54, 1.807) is 6.07 Å². The number of nitrogens with one attached hydrogen (secondary N) is 2. The number of aliphatic imine (C=N–C) groups is 1. The number of thiocarbonyl (C=S) groups is 1. The minimum atomic E-state index is -0.151. The van der Waals surface area contributed by atoms with E-state index in [-0.39, 0.29) is 5.91 Å². The van der Waals surface area contributed by atoms with E-state index in [1.807, 2.05) is 48.5 Å². The topological polar surface area (TPSA) is 53.5 Å². The van der Waals surface area contributed by atoms with Crippen LogP contribution in [0.5, 0.6) is 0 Å². The number of fused-ring (bicyclic) bond motifs is 1. The summed E-state index contributed by atoms with van der Waals surface area (Å²) in [5.74, 6) is 0.334. The van der Waals surface area contributed by atoms with Gasteiger partial charge in [-0.25, -0.2) is 4.99 Å². The van der Waals surface area contributed by atoms with Crippen LogP contribution in [0.1, 0.15) is 15.9 Å². The second kappa shape index (κ2) is 5.22. The van der Waals surface area contributed by atoms with Crippen LogP contribution in [0.2, 0.25) is 0 Å². The number of hydrogen-bond acceptors (Lipinski definition) is 2. The minimum absolute atomic E-state index is 0.151. The van der Waals surface area contributed by atoms with Crippen molar-refractivity contribution < 1.29 is 4.79 Å². The Morgan fingerprint density at radius 3 is 2.40 bits per heavy atom. The molecule has 0 saturated carbocycles. The molecule has 98 valence electrons. The second-order valence-corrected chi connectivity index (χ2v) is 4.64. The number of nitrogens with zero attached hydrogens (tertiary/aromatic N) is 1. The van der Waals surface area contributed by atoms with E-state index in [2.05, 4.69) is 15.6 Å². The van der Waals surface area contributed by atoms with E-state index in [0.717, 1.165) is 11.3 Å². The average Bonchev–Trinajstić information content (AvgIpc) is 2.77. The Hall–Kier alpha value is -2.53. The van der Waals surface area contributed by atoms with Crippen LogP contribution in [0.3, 0.4) is 0 Å². The minimum Gasteiger partial charge on any atom is -0.331 e. The fourth-order valence-electron chi connectivity index (χ4n) is 1.99. The van der Waals surface area contributed by atoms with Crippen LogP contribution in [0, 0.1) is 0 Å². The highest BCUT2D eigenvalue weighted by Crippen LogP contribution is 2.15. The van der Waals surface area contributed by atoms with Gasteiger partial charge in [0.25, 0.3) is 5.91 Å². The molecule has 0 unspecified atom stereocenters. The molecule has 0 aromatic heterocycles. The Morgan fingerprint density at radius 2 is 1.65 bits per heavy atom. The molecule has 0 radical (unpaired) electrons. The van der Waals surface area contributed by atoms with Gasteiger partial charge in [0.2, 0.25) is 0 Å². The lowest BCUT2D eigenvalue weighted by atomic mass is 10.1. The molecule has 2 N–H and O–H groups in total. The SMILES string of the molecule is O=C1N/C(=N\C(=S)Nc2ccccc2)c2ccccc21. The van der Waals surface area contributed by atoms with Crippen molar-refractivity contribution in [1.29, 1.82) is 0 Å². The van der Waals surface area contributed by atoms with Gasteiger partial charge < -0.3 is 10.6 Å². The number of benzene rings is 2. The maximum absolute atomic E-state index is 11.8. The van der Waals surface area contributed by atoms with Crippen LogP contribution in [-0.4, -0.2) is 16.9 Å². The van der Waals surface area contributed by atoms with Crippen LogP contribution >= 0.6 is 12.2 Å². The summed E-state index contributed by atoms with van der Waals surface area (Å²) in [6.07, 6.45) is 0. The Labute approximate surface area is 121 Å². The van der Waals surface area contributed by atoms with Crippen molar-refractivity contribution in [3.8, 4) is 0 Å². The first-order chi connectivity index (χ1) is 9.74. The van der Waals surface area contributed by atoms with E-state index in [1.165, 1.54) is 0 Å². The fourth-order valence-corrected chi connectivity index (χ4v) is 2.20. The maximum atomic E-state index is 11.8. The van der Waals surface area contributed by atoms with Gasteiger partial charge >= 0.3 is 0 Å². The van der Waals surface area contributed by atoms with Gasteiger partial charge in [0.05, 0.1) is 5.56 Å². The van der Waals surface area contributed by atoms with Crippen molar-refractivity contribution in [1.82, 2.24) is 5.32 Å². The van der Waals surface area contributed by atoms with Crippen LogP contribution in [0.15, 0.2) is 59.6 Å². The standard InChI is InChI=1S/C15H11N3OS/c19-14-12-9-5-4-8-11(12)13(17-14)18-15(20)16-10-6-2-1-3-7-10/h1-9H,(H2,16,17,18,19,20). The number of amidine groups is 1. The summed E-state index contributed by atoms with van der Waals surface area (Å²) in [5.41, 5.74) is 2.25. The Kier molecular flexibility index (Phi) is 3.26. The third kappa shape index (κ3) is 2.44. The molecule has 3 rings (SSSR count). The second-order valence-electron chi connectivity index (χ2n) is 4.26. The molecule has 0 bridgehead atoms. The van der Waals surface area contributed by atoms with Crippen molar-refractivity contribution in [2.45, 2.75) is 0 Å². The molecule has 1 aliphatic rings. The van der Waals surface area contributed by atoms with Crippen LogP contribution in [-0.2, 0) is 0 Å². The molecule has 1 aliphatic heterocycles. The zero-order valence-electron chi connectivity index (χ0n) is 10.5. The average molecular weight is 281 g/mol. The zero-order valence-corrected chi connectivity index (χ0v) is 11.3. The Balaban J connectivity index is 1.84. The number of carbonyl (C=O) groups is 1. The van der Waals surface area contributed by atoms with E-state index in [4.69, 9.17) is 12.2 Å². The highest BCUT2D eigenvalue weighted by Gasteiger charge is 2.24. The number of carbonyl (C=O) groups excluding carboxylic acids is 1. The molecule has 0 aliphatic carbocycles. The molecule has 2 aromatic carbocycles. The monoisotopic (exact) mass is 281 g/mol. The van der Waals surface area contributed by atoms with Crippen molar-refractivity contribution in [2.75, 3.05) is 5.32 Å². The lowest BCUT2D eigenvalue weighted by Crippen LogP contribution is -2.23. The van der Waals surface area contributed by atoms with E-state index in [0.29, 0.717) is 16.5 Å². The summed E-state index contributed by atoms with van der Waals surface area (Å²) in [4.78, 5) is 16.0. The van der Waals surface area contributed by atoms with Crippen LogP contribution in [0.25, 0.3) is 0 Å². The molecule has 0 atom stereocenters. The highest BCUT2D eigenvalue weighted by atomic mass is 32.1. The van der Waals surface area contributed by atoms with Crippen molar-refractivity contribution >= 4 is 34.8 Å². The normalized spacial score (nSPS) is 14.8. The molecule has 2 aromatic rings. The lowest BCUT2D eigenvalue weighted by molar-refractivity contribution is 0.0983. The van der Waals surface area contributed by atoms with Gasteiger partial charge in [-0.2, -0.15) is 0 Å². The summed E-state index contributed by atoms with van der Waals surface area (Å²) in [7, 11) is 0. The molecule has 4 nitrogen and oxygen atoms in total. The molecule has 0 fully saturated rings. The van der Waals surface area contributed by atoms with Gasteiger partial charge in [0.15, 0.2) is 5.11 Å². The highest BCUT2D eigenvalue weighted by molar-refractivity contribution is 7.80. The van der Waals surface area contributed by atoms with E-state index >= 15 is 0 Å². The maximum Gasteiger partial charge on any atom is 0.257 e. The van der Waals surface area contributed by atoms with Crippen molar-refractivity contribution in [2.24, 2.45) is 4.99 Å². The summed E-state index contributed by atoms with van der Waals surface area (Å²) < 4.78 is 0. The lowest BCUT2D eigenvalue weighted by Gasteiger charge is -2.04. The smallest absolute Gasteiger partial charge is 0.257 e. The number of rotatable bonds is 1. The fraction of sp³-hybridized carbons (Fsp3) is 0. The predicted molar refractivity (Wildman–Crippen MR) is 83.1 cm³/mol. The molecule has 20 heavy (non-hydrogen) atoms. The van der Waals surface area contributed by atoms with Gasteiger partial charge in [0.1, 0.15) is 5.84 Å². The third-order valence-corrected chi connectivity index (χ3v) is 3.09. The largest absolute Gasteiger partial charge is 0.331 e. The summed E-state index contributed by atoms with van der Waals surface area (Å²) in [6.45, 7) is 0. The number of amides is 1. The summed E-state index contributed by atoms with van der Waals surface area (Å²) in [6, 6.07) is 16.8. The predicted octanol–water partition coefficient (Wildman–Crippen LogP) is 2.57. The van der Waals surface area contributed by atoms with Gasteiger partial charge in [-0.1, -0.05) is 36.4 Å². The van der Waals surface area contributed by atoms with Crippen molar-refractivity contribution in [3.63, 3.8) is 0 Å². The zero-order chi connectivity index (χ0) is 13.9. The quantitative estimate of drug-likeness (QED) is 0.790. The van der Waals surface area contributed by atoms with E-state index in [9.17, 15) is 4.79 Å². The molecular formula is C15H11N3OS. The Morgan fingerprint density at radius 1 is 1.00 bits per heavy atom. The third-order valence-electron chi connectivity index (χ3n) is 2.90. The number of hydrogen-bond donors (Lipinski definition) is 2. The molecule has 5 heteroatoms. The Bertz CT molecular complexity index is 710. The molecular weight excluding hydrogens is 270 g/mol. The van der Waals surface area contributed by atoms with Gasteiger partial charge in [0, 0.05) is 11.3 Å². The molecule has 0 saturated heterocycles. The molecule has 0 spiro atoms. The number of para-hydroxylation sites is 1. The van der Waals surface area contributed by atoms with Gasteiger partial charge in [-0.05, 0) is 30.4 Å². The first-order valence-electron chi connectivity index (χ1n) is 6.09. The first kappa shape index (κ1) is 12.5. The van der Waals surface area contributed by atoms with Crippen LogP contribution < -0.4 is 10.6 Å². The summed E-state index contributed by atoms with van der Waals surface area (Å²) in [5, 5.41) is 6.04. The molecule has 1 amide bonds.